The number of ether oxygens (including phenoxy) is 1. The minimum atomic E-state index is -2.71. The van der Waals surface area contributed by atoms with Crippen molar-refractivity contribution in [2.24, 2.45) is 0 Å². The lowest BCUT2D eigenvalue weighted by atomic mass is 10.0. The first-order chi connectivity index (χ1) is 11.9. The number of methoxy groups -OCH3 is 1. The third-order valence-electron chi connectivity index (χ3n) is 4.77. The van der Waals surface area contributed by atoms with Crippen LogP contribution in [0.15, 0.2) is 49.1 Å². The molecule has 0 aliphatic heterocycles. The third-order valence-corrected chi connectivity index (χ3v) is 4.77. The van der Waals surface area contributed by atoms with Crippen LogP contribution in [0.3, 0.4) is 0 Å². The average Bonchev–Trinajstić information content (AvgIpc) is 2.97. The highest BCUT2D eigenvalue weighted by atomic mass is 19.3. The molecule has 1 saturated carbocycles. The van der Waals surface area contributed by atoms with Crippen LogP contribution < -0.4 is 4.74 Å². The second-order valence-corrected chi connectivity index (χ2v) is 6.43. The van der Waals surface area contributed by atoms with E-state index >= 15 is 0 Å². The molecule has 132 valence electrons. The Morgan fingerprint density at radius 1 is 1.36 bits per heavy atom. The molecule has 5 heteroatoms. The molecule has 2 aromatic carbocycles. The normalized spacial score (nSPS) is 18.9. The van der Waals surface area contributed by atoms with Crippen LogP contribution in [-0.4, -0.2) is 29.9 Å². The van der Waals surface area contributed by atoms with Crippen LogP contribution in [0, 0.1) is 0 Å². The van der Waals surface area contributed by atoms with E-state index in [2.05, 4.69) is 6.58 Å². The van der Waals surface area contributed by atoms with Crippen LogP contribution in [0.2, 0.25) is 0 Å². The summed E-state index contributed by atoms with van der Waals surface area (Å²) in [4.78, 5) is 13.8. The summed E-state index contributed by atoms with van der Waals surface area (Å²) in [6, 6.07) is 11.2. The van der Waals surface area contributed by atoms with Crippen molar-refractivity contribution >= 4 is 16.7 Å². The summed E-state index contributed by atoms with van der Waals surface area (Å²) in [5.41, 5.74) is 0.798. The van der Waals surface area contributed by atoms with E-state index in [9.17, 15) is 13.6 Å². The zero-order valence-electron chi connectivity index (χ0n) is 14.2. The molecular weight excluding hydrogens is 324 g/mol. The maximum atomic E-state index is 13.6. The highest BCUT2D eigenvalue weighted by Crippen LogP contribution is 2.38. The standard InChI is InChI=1S/C20H21F2NO2/c1-3-19(24)23(17-8-9-20(21,22)12-17)13-16-10-14-6-4-5-7-15(14)11-18(16)25-2/h3-7,10-11,17H,1,8-9,12-13H2,2H3. The quantitative estimate of drug-likeness (QED) is 0.744. The average molecular weight is 345 g/mol. The minimum absolute atomic E-state index is 0.187. The molecule has 1 amide bonds. The SMILES string of the molecule is C=CC(=O)N(Cc1cc2ccccc2cc1OC)C1CCC(F)(F)C1. The van der Waals surface area contributed by atoms with Crippen molar-refractivity contribution in [3.8, 4) is 5.75 Å². The summed E-state index contributed by atoms with van der Waals surface area (Å²) in [5.74, 6) is -2.40. The fourth-order valence-corrected chi connectivity index (χ4v) is 3.46. The van der Waals surface area contributed by atoms with Gasteiger partial charge in [-0.1, -0.05) is 30.8 Å². The van der Waals surface area contributed by atoms with Gasteiger partial charge < -0.3 is 9.64 Å². The predicted octanol–water partition coefficient (Wildman–Crippen LogP) is 4.55. The Labute approximate surface area is 145 Å². The molecule has 0 radical (unpaired) electrons. The second-order valence-electron chi connectivity index (χ2n) is 6.43. The molecule has 3 rings (SSSR count). The Bertz CT molecular complexity index is 803. The first-order valence-electron chi connectivity index (χ1n) is 8.30. The van der Waals surface area contributed by atoms with Crippen molar-refractivity contribution in [3.05, 3.63) is 54.6 Å². The van der Waals surface area contributed by atoms with E-state index in [1.165, 1.54) is 11.0 Å². The molecule has 1 aliphatic rings. The molecule has 3 nitrogen and oxygen atoms in total. The number of carbonyl (C=O) groups is 1. The van der Waals surface area contributed by atoms with Crippen molar-refractivity contribution in [1.29, 1.82) is 0 Å². The van der Waals surface area contributed by atoms with Gasteiger partial charge in [0.05, 0.1) is 7.11 Å². The Morgan fingerprint density at radius 3 is 2.60 bits per heavy atom. The minimum Gasteiger partial charge on any atom is -0.496 e. The zero-order valence-corrected chi connectivity index (χ0v) is 14.2. The van der Waals surface area contributed by atoms with Crippen molar-refractivity contribution in [3.63, 3.8) is 0 Å². The van der Waals surface area contributed by atoms with Crippen LogP contribution in [0.4, 0.5) is 8.78 Å². The van der Waals surface area contributed by atoms with Crippen molar-refractivity contribution in [2.45, 2.75) is 37.8 Å². The van der Waals surface area contributed by atoms with Gasteiger partial charge in [0.1, 0.15) is 5.75 Å². The number of alkyl halides is 2. The first-order valence-corrected chi connectivity index (χ1v) is 8.30. The highest BCUT2D eigenvalue weighted by molar-refractivity contribution is 5.88. The number of benzene rings is 2. The lowest BCUT2D eigenvalue weighted by Gasteiger charge is -2.29. The van der Waals surface area contributed by atoms with E-state index in [0.29, 0.717) is 12.2 Å². The molecule has 0 bridgehead atoms. The Kier molecular flexibility index (Phi) is 4.75. The molecule has 2 aromatic rings. The maximum Gasteiger partial charge on any atom is 0.250 e. The van der Waals surface area contributed by atoms with Gasteiger partial charge in [0.25, 0.3) is 0 Å². The maximum absolute atomic E-state index is 13.6. The fourth-order valence-electron chi connectivity index (χ4n) is 3.46. The van der Waals surface area contributed by atoms with Gasteiger partial charge in [-0.05, 0) is 35.4 Å². The molecule has 1 unspecified atom stereocenters. The number of nitrogens with zero attached hydrogens (tertiary/aromatic N) is 1. The van der Waals surface area contributed by atoms with Crippen LogP contribution in [0.5, 0.6) is 5.75 Å². The molecule has 1 atom stereocenters. The smallest absolute Gasteiger partial charge is 0.250 e. The zero-order chi connectivity index (χ0) is 18.0. The molecule has 0 N–H and O–H groups in total. The number of fused-ring (bicyclic) bond motifs is 1. The highest BCUT2D eigenvalue weighted by Gasteiger charge is 2.42. The Hall–Kier alpha value is -2.43. The molecule has 1 fully saturated rings. The number of amides is 1. The van der Waals surface area contributed by atoms with Gasteiger partial charge in [-0.2, -0.15) is 0 Å². The van der Waals surface area contributed by atoms with Crippen molar-refractivity contribution in [1.82, 2.24) is 4.90 Å². The molecule has 0 heterocycles. The second kappa shape index (κ2) is 6.82. The monoisotopic (exact) mass is 345 g/mol. The molecule has 0 aromatic heterocycles. The van der Waals surface area contributed by atoms with Crippen molar-refractivity contribution < 1.29 is 18.3 Å². The van der Waals surface area contributed by atoms with Gasteiger partial charge >= 0.3 is 0 Å². The van der Waals surface area contributed by atoms with Gasteiger partial charge in [0.15, 0.2) is 0 Å². The topological polar surface area (TPSA) is 29.5 Å². The lowest BCUT2D eigenvalue weighted by Crippen LogP contribution is -2.38. The predicted molar refractivity (Wildman–Crippen MR) is 93.8 cm³/mol. The van der Waals surface area contributed by atoms with Gasteiger partial charge in [0.2, 0.25) is 11.8 Å². The summed E-state index contributed by atoms with van der Waals surface area (Å²) in [6.45, 7) is 3.74. The summed E-state index contributed by atoms with van der Waals surface area (Å²) in [5, 5.41) is 2.04. The Balaban J connectivity index is 1.95. The molecule has 1 aliphatic carbocycles. The lowest BCUT2D eigenvalue weighted by molar-refractivity contribution is -0.129. The molecule has 0 spiro atoms. The van der Waals surface area contributed by atoms with E-state index < -0.39 is 12.0 Å². The van der Waals surface area contributed by atoms with Gasteiger partial charge in [-0.25, -0.2) is 8.78 Å². The molecule has 25 heavy (non-hydrogen) atoms. The van der Waals surface area contributed by atoms with E-state index in [0.717, 1.165) is 16.3 Å². The largest absolute Gasteiger partial charge is 0.496 e. The molecule has 0 saturated heterocycles. The van der Waals surface area contributed by atoms with E-state index in [4.69, 9.17) is 4.74 Å². The van der Waals surface area contributed by atoms with Crippen molar-refractivity contribution in [2.75, 3.05) is 7.11 Å². The number of hydrogen-bond donors (Lipinski definition) is 0. The summed E-state index contributed by atoms with van der Waals surface area (Å²) >= 11 is 0. The summed E-state index contributed by atoms with van der Waals surface area (Å²) in [7, 11) is 1.57. The fraction of sp³-hybridized carbons (Fsp3) is 0.350. The van der Waals surface area contributed by atoms with Crippen LogP contribution in [-0.2, 0) is 11.3 Å². The van der Waals surface area contributed by atoms with E-state index in [1.807, 2.05) is 36.4 Å². The third kappa shape index (κ3) is 3.65. The number of halogens is 2. The van der Waals surface area contributed by atoms with Gasteiger partial charge in [-0.15, -0.1) is 0 Å². The first kappa shape index (κ1) is 17.4. The van der Waals surface area contributed by atoms with Crippen LogP contribution in [0.1, 0.15) is 24.8 Å². The van der Waals surface area contributed by atoms with Gasteiger partial charge in [0, 0.05) is 31.0 Å². The number of hydrogen-bond acceptors (Lipinski definition) is 2. The van der Waals surface area contributed by atoms with E-state index in [1.54, 1.807) is 7.11 Å². The van der Waals surface area contributed by atoms with E-state index in [-0.39, 0.29) is 25.3 Å². The Morgan fingerprint density at radius 2 is 2.04 bits per heavy atom. The number of carbonyl (C=O) groups excluding carboxylic acids is 1. The van der Waals surface area contributed by atoms with Crippen LogP contribution >= 0.6 is 0 Å². The van der Waals surface area contributed by atoms with Gasteiger partial charge in [-0.3, -0.25) is 4.79 Å². The van der Waals surface area contributed by atoms with Crippen LogP contribution in [0.25, 0.3) is 10.8 Å². The molecular formula is C20H21F2NO2. The summed E-state index contributed by atoms with van der Waals surface area (Å²) < 4.78 is 32.7. The summed E-state index contributed by atoms with van der Waals surface area (Å²) in [6.07, 6.45) is 0.988. The number of rotatable bonds is 5.